The van der Waals surface area contributed by atoms with Gasteiger partial charge in [-0.25, -0.2) is 0 Å². The van der Waals surface area contributed by atoms with Gasteiger partial charge in [-0.2, -0.15) is 0 Å². The summed E-state index contributed by atoms with van der Waals surface area (Å²) in [6, 6.07) is 0.304. The lowest BCUT2D eigenvalue weighted by Crippen LogP contribution is -2.40. The van der Waals surface area contributed by atoms with Crippen LogP contribution in [0, 0.1) is 17.3 Å². The van der Waals surface area contributed by atoms with E-state index in [1.54, 1.807) is 0 Å². The van der Waals surface area contributed by atoms with Crippen molar-refractivity contribution in [2.45, 2.75) is 46.6 Å². The van der Waals surface area contributed by atoms with Gasteiger partial charge >= 0.3 is 0 Å². The van der Waals surface area contributed by atoms with Crippen molar-refractivity contribution in [3.05, 3.63) is 0 Å². The smallest absolute Gasteiger partial charge is 0.0188 e. The molecule has 1 fully saturated rings. The van der Waals surface area contributed by atoms with Crippen molar-refractivity contribution in [2.75, 3.05) is 13.1 Å². The summed E-state index contributed by atoms with van der Waals surface area (Å²) in [4.78, 5) is 0. The average molecular weight is 198 g/mol. The van der Waals surface area contributed by atoms with Crippen molar-refractivity contribution in [1.29, 1.82) is 0 Å². The lowest BCUT2D eigenvalue weighted by molar-refractivity contribution is 0.327. The minimum absolute atomic E-state index is 0.304. The van der Waals surface area contributed by atoms with Crippen LogP contribution in [-0.2, 0) is 0 Å². The fourth-order valence-corrected chi connectivity index (χ4v) is 1.84. The maximum atomic E-state index is 5.98. The Morgan fingerprint density at radius 2 is 1.79 bits per heavy atom. The molecule has 0 aromatic rings. The van der Waals surface area contributed by atoms with Crippen molar-refractivity contribution in [3.63, 3.8) is 0 Å². The molecule has 1 atom stereocenters. The molecule has 2 nitrogen and oxygen atoms in total. The largest absolute Gasteiger partial charge is 0.326 e. The summed E-state index contributed by atoms with van der Waals surface area (Å²) >= 11 is 0. The Balaban J connectivity index is 2.16. The number of rotatable bonds is 6. The molecular weight excluding hydrogens is 172 g/mol. The van der Waals surface area contributed by atoms with Gasteiger partial charge in [0, 0.05) is 19.1 Å². The standard InChI is InChI=1S/C12H26N2/c1-9(2)11(13)7-14-8-12(5-6-12)10(3)4/h9-11,14H,5-8,13H2,1-4H3. The second kappa shape index (κ2) is 4.63. The van der Waals surface area contributed by atoms with Gasteiger partial charge in [-0.3, -0.25) is 0 Å². The Kier molecular flexibility index (Phi) is 3.96. The molecule has 1 aliphatic carbocycles. The summed E-state index contributed by atoms with van der Waals surface area (Å²) < 4.78 is 0. The summed E-state index contributed by atoms with van der Waals surface area (Å²) in [5.41, 5.74) is 6.59. The highest BCUT2D eigenvalue weighted by Gasteiger charge is 2.44. The molecule has 0 spiro atoms. The van der Waals surface area contributed by atoms with Crippen LogP contribution < -0.4 is 11.1 Å². The molecule has 0 bridgehead atoms. The summed E-state index contributed by atoms with van der Waals surface area (Å²) in [6.07, 6.45) is 2.79. The molecule has 1 unspecified atom stereocenters. The summed E-state index contributed by atoms with van der Waals surface area (Å²) in [5, 5.41) is 3.53. The molecule has 0 radical (unpaired) electrons. The van der Waals surface area contributed by atoms with E-state index in [-0.39, 0.29) is 0 Å². The Morgan fingerprint density at radius 3 is 2.14 bits per heavy atom. The van der Waals surface area contributed by atoms with Crippen molar-refractivity contribution in [1.82, 2.24) is 5.32 Å². The third-order valence-electron chi connectivity index (χ3n) is 3.83. The van der Waals surface area contributed by atoms with Crippen LogP contribution in [0.1, 0.15) is 40.5 Å². The van der Waals surface area contributed by atoms with Crippen LogP contribution in [0.4, 0.5) is 0 Å². The molecule has 2 heteroatoms. The van der Waals surface area contributed by atoms with Gasteiger partial charge < -0.3 is 11.1 Å². The fraction of sp³-hybridized carbons (Fsp3) is 1.00. The SMILES string of the molecule is CC(C)C(N)CNCC1(C(C)C)CC1. The minimum Gasteiger partial charge on any atom is -0.326 e. The summed E-state index contributed by atoms with van der Waals surface area (Å²) in [5.74, 6) is 1.39. The van der Waals surface area contributed by atoms with Crippen LogP contribution in [0.2, 0.25) is 0 Å². The molecular formula is C12H26N2. The van der Waals surface area contributed by atoms with Crippen molar-refractivity contribution in [2.24, 2.45) is 23.0 Å². The lowest BCUT2D eigenvalue weighted by atomic mass is 9.92. The first-order valence-corrected chi connectivity index (χ1v) is 5.94. The van der Waals surface area contributed by atoms with E-state index in [0.717, 1.165) is 19.0 Å². The number of hydrogen-bond acceptors (Lipinski definition) is 2. The van der Waals surface area contributed by atoms with Crippen molar-refractivity contribution >= 4 is 0 Å². The zero-order chi connectivity index (χ0) is 10.8. The quantitative estimate of drug-likeness (QED) is 0.685. The molecule has 1 aliphatic rings. The van der Waals surface area contributed by atoms with E-state index in [9.17, 15) is 0 Å². The van der Waals surface area contributed by atoms with E-state index >= 15 is 0 Å². The Morgan fingerprint density at radius 1 is 1.21 bits per heavy atom. The van der Waals surface area contributed by atoms with E-state index in [2.05, 4.69) is 33.0 Å². The Hall–Kier alpha value is -0.0800. The number of hydrogen-bond donors (Lipinski definition) is 2. The molecule has 1 saturated carbocycles. The van der Waals surface area contributed by atoms with Crippen LogP contribution in [0.3, 0.4) is 0 Å². The summed E-state index contributed by atoms with van der Waals surface area (Å²) in [6.45, 7) is 11.1. The van der Waals surface area contributed by atoms with E-state index in [1.807, 2.05) is 0 Å². The van der Waals surface area contributed by atoms with Gasteiger partial charge in [0.25, 0.3) is 0 Å². The highest BCUT2D eigenvalue weighted by molar-refractivity contribution is 4.97. The van der Waals surface area contributed by atoms with Crippen LogP contribution >= 0.6 is 0 Å². The van der Waals surface area contributed by atoms with Gasteiger partial charge in [0.2, 0.25) is 0 Å². The average Bonchev–Trinajstić information content (AvgIpc) is 2.85. The van der Waals surface area contributed by atoms with Crippen LogP contribution in [0.5, 0.6) is 0 Å². The third-order valence-corrected chi connectivity index (χ3v) is 3.83. The van der Waals surface area contributed by atoms with Gasteiger partial charge in [-0.05, 0) is 30.1 Å². The Bertz CT molecular complexity index is 171. The van der Waals surface area contributed by atoms with Crippen molar-refractivity contribution in [3.8, 4) is 0 Å². The van der Waals surface area contributed by atoms with E-state index in [4.69, 9.17) is 5.73 Å². The highest BCUT2D eigenvalue weighted by atomic mass is 14.9. The normalized spacial score (nSPS) is 21.6. The molecule has 14 heavy (non-hydrogen) atoms. The lowest BCUT2D eigenvalue weighted by Gasteiger charge is -2.22. The second-order valence-corrected chi connectivity index (χ2v) is 5.56. The maximum Gasteiger partial charge on any atom is 0.0188 e. The van der Waals surface area contributed by atoms with Crippen molar-refractivity contribution < 1.29 is 0 Å². The molecule has 0 aliphatic heterocycles. The maximum absolute atomic E-state index is 5.98. The van der Waals surface area contributed by atoms with E-state index in [1.165, 1.54) is 12.8 Å². The van der Waals surface area contributed by atoms with Gasteiger partial charge in [-0.1, -0.05) is 27.7 Å². The first kappa shape index (κ1) is 12.0. The second-order valence-electron chi connectivity index (χ2n) is 5.56. The monoisotopic (exact) mass is 198 g/mol. The highest BCUT2D eigenvalue weighted by Crippen LogP contribution is 2.51. The molecule has 0 heterocycles. The van der Waals surface area contributed by atoms with E-state index in [0.29, 0.717) is 17.4 Å². The van der Waals surface area contributed by atoms with Gasteiger partial charge in [0.15, 0.2) is 0 Å². The van der Waals surface area contributed by atoms with Gasteiger partial charge in [-0.15, -0.1) is 0 Å². The molecule has 0 aromatic carbocycles. The summed E-state index contributed by atoms with van der Waals surface area (Å²) in [7, 11) is 0. The molecule has 0 amide bonds. The topological polar surface area (TPSA) is 38.0 Å². The number of nitrogens with one attached hydrogen (secondary N) is 1. The molecule has 0 aromatic heterocycles. The van der Waals surface area contributed by atoms with Gasteiger partial charge in [0.1, 0.15) is 0 Å². The number of nitrogens with two attached hydrogens (primary N) is 1. The van der Waals surface area contributed by atoms with Crippen LogP contribution in [0.25, 0.3) is 0 Å². The molecule has 0 saturated heterocycles. The van der Waals surface area contributed by atoms with Gasteiger partial charge in [0.05, 0.1) is 0 Å². The van der Waals surface area contributed by atoms with Crippen LogP contribution in [0.15, 0.2) is 0 Å². The third kappa shape index (κ3) is 2.96. The van der Waals surface area contributed by atoms with Crippen LogP contribution in [-0.4, -0.2) is 19.1 Å². The predicted molar refractivity (Wildman–Crippen MR) is 62.2 cm³/mol. The first-order chi connectivity index (χ1) is 6.48. The molecule has 84 valence electrons. The zero-order valence-electron chi connectivity index (χ0n) is 10.1. The molecule has 3 N–H and O–H groups in total. The first-order valence-electron chi connectivity index (χ1n) is 5.94. The minimum atomic E-state index is 0.304. The molecule has 1 rings (SSSR count). The predicted octanol–water partition coefficient (Wildman–Crippen LogP) is 2.00. The van der Waals surface area contributed by atoms with E-state index < -0.39 is 0 Å². The fourth-order valence-electron chi connectivity index (χ4n) is 1.84. The zero-order valence-corrected chi connectivity index (χ0v) is 10.1. The Labute approximate surface area is 88.6 Å².